The number of aromatic nitrogens is 4. The fourth-order valence-corrected chi connectivity index (χ4v) is 3.25. The molecule has 4 nitrogen and oxygen atoms in total. The highest BCUT2D eigenvalue weighted by Crippen LogP contribution is 2.43. The summed E-state index contributed by atoms with van der Waals surface area (Å²) >= 11 is 3.18. The van der Waals surface area contributed by atoms with Gasteiger partial charge in [0.1, 0.15) is 0 Å². The van der Waals surface area contributed by atoms with Gasteiger partial charge in [0.2, 0.25) is 0 Å². The number of thioether (sulfide) groups is 2. The molecule has 3 rings (SSSR count). The third-order valence-corrected chi connectivity index (χ3v) is 4.23. The summed E-state index contributed by atoms with van der Waals surface area (Å²) in [6.45, 7) is 0. The molecule has 88 valence electrons. The van der Waals surface area contributed by atoms with Crippen LogP contribution in [-0.2, 0) is 0 Å². The van der Waals surface area contributed by atoms with Crippen molar-refractivity contribution >= 4 is 33.3 Å². The van der Waals surface area contributed by atoms with E-state index in [4.69, 9.17) is 0 Å². The molecule has 0 N–H and O–H groups in total. The standard InChI is InChI=1S/C12H8N4S2/c1-3-13-11(14-4-1)9-7-17-8-10(18-9)12-15-5-2-6-16-12/h1-8H. The molecule has 18 heavy (non-hydrogen) atoms. The second kappa shape index (κ2) is 5.32. The van der Waals surface area contributed by atoms with Gasteiger partial charge in [-0.2, -0.15) is 0 Å². The third-order valence-electron chi connectivity index (χ3n) is 2.14. The average Bonchev–Trinajstić information content (AvgIpc) is 2.49. The van der Waals surface area contributed by atoms with Crippen LogP contribution in [0, 0.1) is 0 Å². The van der Waals surface area contributed by atoms with E-state index in [1.165, 1.54) is 0 Å². The van der Waals surface area contributed by atoms with Crippen molar-refractivity contribution in [2.24, 2.45) is 0 Å². The maximum absolute atomic E-state index is 4.25. The SMILES string of the molecule is C1=C(c2ncccn2)SC(c2ncccn2)=CS1. The van der Waals surface area contributed by atoms with Crippen LogP contribution in [0.5, 0.6) is 0 Å². The lowest BCUT2D eigenvalue weighted by atomic mass is 10.5. The minimum atomic E-state index is 0.733. The number of hydrogen-bond acceptors (Lipinski definition) is 6. The van der Waals surface area contributed by atoms with Crippen LogP contribution in [0.3, 0.4) is 0 Å². The van der Waals surface area contributed by atoms with Crippen molar-refractivity contribution < 1.29 is 0 Å². The Hall–Kier alpha value is -1.66. The predicted octanol–water partition coefficient (Wildman–Crippen LogP) is 3.04. The van der Waals surface area contributed by atoms with Gasteiger partial charge in [-0.3, -0.25) is 0 Å². The lowest BCUT2D eigenvalue weighted by Crippen LogP contribution is -1.94. The summed E-state index contributed by atoms with van der Waals surface area (Å²) in [5.74, 6) is 1.47. The fourth-order valence-electron chi connectivity index (χ4n) is 1.37. The van der Waals surface area contributed by atoms with Gasteiger partial charge in [-0.1, -0.05) is 11.8 Å². The summed E-state index contributed by atoms with van der Waals surface area (Å²) in [7, 11) is 0. The Labute approximate surface area is 113 Å². The molecule has 0 atom stereocenters. The summed E-state index contributed by atoms with van der Waals surface area (Å²) in [6.07, 6.45) is 6.97. The Morgan fingerprint density at radius 3 is 1.56 bits per heavy atom. The monoisotopic (exact) mass is 272 g/mol. The highest BCUT2D eigenvalue weighted by molar-refractivity contribution is 8.20. The normalized spacial score (nSPS) is 14.9. The zero-order valence-electron chi connectivity index (χ0n) is 9.22. The fraction of sp³-hybridized carbons (Fsp3) is 0. The lowest BCUT2D eigenvalue weighted by Gasteiger charge is -2.11. The van der Waals surface area contributed by atoms with E-state index in [1.54, 1.807) is 48.3 Å². The van der Waals surface area contributed by atoms with Crippen LogP contribution < -0.4 is 0 Å². The van der Waals surface area contributed by atoms with Gasteiger partial charge >= 0.3 is 0 Å². The van der Waals surface area contributed by atoms with Crippen molar-refractivity contribution in [3.05, 3.63) is 59.4 Å². The van der Waals surface area contributed by atoms with E-state index in [9.17, 15) is 0 Å². The predicted molar refractivity (Wildman–Crippen MR) is 75.2 cm³/mol. The third kappa shape index (κ3) is 2.44. The van der Waals surface area contributed by atoms with Gasteiger partial charge < -0.3 is 0 Å². The second-order valence-electron chi connectivity index (χ2n) is 3.35. The van der Waals surface area contributed by atoms with E-state index < -0.39 is 0 Å². The van der Waals surface area contributed by atoms with Crippen LogP contribution in [0.2, 0.25) is 0 Å². The van der Waals surface area contributed by atoms with Gasteiger partial charge in [-0.05, 0) is 22.9 Å². The molecule has 0 saturated carbocycles. The Balaban J connectivity index is 1.85. The van der Waals surface area contributed by atoms with Crippen LogP contribution in [0.15, 0.2) is 47.7 Å². The zero-order chi connectivity index (χ0) is 12.2. The molecule has 0 aromatic carbocycles. The van der Waals surface area contributed by atoms with Crippen LogP contribution in [-0.4, -0.2) is 19.9 Å². The van der Waals surface area contributed by atoms with E-state index in [0.717, 1.165) is 21.5 Å². The Morgan fingerprint density at radius 2 is 1.11 bits per heavy atom. The maximum atomic E-state index is 4.25. The van der Waals surface area contributed by atoms with Gasteiger partial charge in [0.15, 0.2) is 11.6 Å². The zero-order valence-corrected chi connectivity index (χ0v) is 10.9. The lowest BCUT2D eigenvalue weighted by molar-refractivity contribution is 1.13. The topological polar surface area (TPSA) is 51.6 Å². The molecular formula is C12H8N4S2. The average molecular weight is 272 g/mol. The number of hydrogen-bond donors (Lipinski definition) is 0. The van der Waals surface area contributed by atoms with E-state index in [1.807, 2.05) is 22.9 Å². The van der Waals surface area contributed by atoms with Gasteiger partial charge in [-0.15, -0.1) is 11.8 Å². The van der Waals surface area contributed by atoms with Crippen molar-refractivity contribution in [2.45, 2.75) is 0 Å². The van der Waals surface area contributed by atoms with E-state index >= 15 is 0 Å². The second-order valence-corrected chi connectivity index (χ2v) is 5.17. The first-order chi connectivity index (χ1) is 8.93. The quantitative estimate of drug-likeness (QED) is 0.837. The smallest absolute Gasteiger partial charge is 0.166 e. The largest absolute Gasteiger partial charge is 0.236 e. The van der Waals surface area contributed by atoms with Crippen molar-refractivity contribution in [3.63, 3.8) is 0 Å². The van der Waals surface area contributed by atoms with Crippen LogP contribution in [0.4, 0.5) is 0 Å². The number of rotatable bonds is 2. The van der Waals surface area contributed by atoms with Gasteiger partial charge in [-0.25, -0.2) is 19.9 Å². The Bertz CT molecular complexity index is 542. The molecule has 1 aliphatic heterocycles. The van der Waals surface area contributed by atoms with Gasteiger partial charge in [0.05, 0.1) is 9.81 Å². The molecule has 2 aromatic heterocycles. The summed E-state index contributed by atoms with van der Waals surface area (Å²) in [4.78, 5) is 19.0. The van der Waals surface area contributed by atoms with Crippen molar-refractivity contribution in [1.29, 1.82) is 0 Å². The maximum Gasteiger partial charge on any atom is 0.166 e. The summed E-state index contributed by atoms with van der Waals surface area (Å²) in [6, 6.07) is 3.61. The first-order valence-electron chi connectivity index (χ1n) is 5.22. The molecular weight excluding hydrogens is 264 g/mol. The van der Waals surface area contributed by atoms with E-state index in [2.05, 4.69) is 19.9 Å². The van der Waals surface area contributed by atoms with Crippen molar-refractivity contribution in [2.75, 3.05) is 0 Å². The highest BCUT2D eigenvalue weighted by Gasteiger charge is 2.15. The van der Waals surface area contributed by atoms with Crippen LogP contribution in [0.1, 0.15) is 11.6 Å². The molecule has 0 bridgehead atoms. The molecule has 0 saturated heterocycles. The van der Waals surface area contributed by atoms with E-state index in [-0.39, 0.29) is 0 Å². The summed E-state index contributed by atoms with van der Waals surface area (Å²) < 4.78 is 0. The molecule has 0 unspecified atom stereocenters. The van der Waals surface area contributed by atoms with Crippen molar-refractivity contribution in [1.82, 2.24) is 19.9 Å². The minimum Gasteiger partial charge on any atom is -0.236 e. The van der Waals surface area contributed by atoms with Crippen molar-refractivity contribution in [3.8, 4) is 0 Å². The van der Waals surface area contributed by atoms with Crippen LogP contribution in [0.25, 0.3) is 9.81 Å². The molecule has 0 spiro atoms. The summed E-state index contributed by atoms with van der Waals surface area (Å²) in [5, 5.41) is 4.07. The minimum absolute atomic E-state index is 0.733. The number of nitrogens with zero attached hydrogens (tertiary/aromatic N) is 4. The molecule has 0 aliphatic carbocycles. The summed E-state index contributed by atoms with van der Waals surface area (Å²) in [5.41, 5.74) is 0. The van der Waals surface area contributed by atoms with Crippen LogP contribution >= 0.6 is 23.5 Å². The first kappa shape index (κ1) is 11.4. The molecule has 0 radical (unpaired) electrons. The molecule has 2 aromatic rings. The molecule has 3 heterocycles. The Kier molecular flexibility index (Phi) is 3.38. The first-order valence-corrected chi connectivity index (χ1v) is 6.98. The highest BCUT2D eigenvalue weighted by atomic mass is 32.2. The van der Waals surface area contributed by atoms with Gasteiger partial charge in [0.25, 0.3) is 0 Å². The molecule has 6 heteroatoms. The molecule has 1 aliphatic rings. The van der Waals surface area contributed by atoms with Gasteiger partial charge in [0, 0.05) is 24.8 Å². The molecule has 0 fully saturated rings. The van der Waals surface area contributed by atoms with E-state index in [0.29, 0.717) is 0 Å². The molecule has 0 amide bonds. The Morgan fingerprint density at radius 1 is 0.667 bits per heavy atom.